The predicted octanol–water partition coefficient (Wildman–Crippen LogP) is 1.75. The maximum atomic E-state index is 4.91. The standard InChI is InChI=1S/C7H14O2/c1-3-8-9-6-7(2)4-5-7/h3-6H2,1-2H3. The summed E-state index contributed by atoms with van der Waals surface area (Å²) in [7, 11) is 0. The van der Waals surface area contributed by atoms with E-state index in [-0.39, 0.29) is 0 Å². The van der Waals surface area contributed by atoms with Gasteiger partial charge in [-0.1, -0.05) is 6.92 Å². The van der Waals surface area contributed by atoms with Crippen molar-refractivity contribution in [2.24, 2.45) is 5.41 Å². The van der Waals surface area contributed by atoms with Crippen molar-refractivity contribution in [2.75, 3.05) is 13.2 Å². The van der Waals surface area contributed by atoms with Crippen molar-refractivity contribution < 1.29 is 9.78 Å². The van der Waals surface area contributed by atoms with E-state index in [1.165, 1.54) is 12.8 Å². The van der Waals surface area contributed by atoms with Gasteiger partial charge >= 0.3 is 0 Å². The third kappa shape index (κ3) is 2.33. The fourth-order valence-corrected chi connectivity index (χ4v) is 0.625. The summed E-state index contributed by atoms with van der Waals surface area (Å²) in [6.45, 7) is 5.55. The lowest BCUT2D eigenvalue weighted by Crippen LogP contribution is -2.06. The van der Waals surface area contributed by atoms with Crippen LogP contribution in [0.2, 0.25) is 0 Å². The van der Waals surface area contributed by atoms with E-state index in [0.717, 1.165) is 6.61 Å². The predicted molar refractivity (Wildman–Crippen MR) is 34.9 cm³/mol. The molecular weight excluding hydrogens is 116 g/mol. The van der Waals surface area contributed by atoms with Gasteiger partial charge in [0, 0.05) is 0 Å². The van der Waals surface area contributed by atoms with Crippen molar-refractivity contribution in [2.45, 2.75) is 26.7 Å². The van der Waals surface area contributed by atoms with Crippen LogP contribution < -0.4 is 0 Å². The largest absolute Gasteiger partial charge is 0.237 e. The Morgan fingerprint density at radius 1 is 1.33 bits per heavy atom. The van der Waals surface area contributed by atoms with E-state index in [1.807, 2.05) is 6.92 Å². The highest BCUT2D eigenvalue weighted by Crippen LogP contribution is 2.44. The third-order valence-electron chi connectivity index (χ3n) is 1.71. The number of hydrogen-bond donors (Lipinski definition) is 0. The van der Waals surface area contributed by atoms with Gasteiger partial charge in [-0.2, -0.15) is 0 Å². The molecule has 0 aromatic rings. The van der Waals surface area contributed by atoms with E-state index in [4.69, 9.17) is 9.78 Å². The molecule has 0 aromatic heterocycles. The van der Waals surface area contributed by atoms with E-state index in [2.05, 4.69) is 6.92 Å². The second-order valence-electron chi connectivity index (χ2n) is 2.98. The first-order valence-corrected chi connectivity index (χ1v) is 3.51. The monoisotopic (exact) mass is 130 g/mol. The molecule has 9 heavy (non-hydrogen) atoms. The van der Waals surface area contributed by atoms with Crippen LogP contribution in [0, 0.1) is 5.41 Å². The van der Waals surface area contributed by atoms with Crippen molar-refractivity contribution in [1.29, 1.82) is 0 Å². The lowest BCUT2D eigenvalue weighted by Gasteiger charge is -2.05. The molecule has 0 bridgehead atoms. The number of hydrogen-bond acceptors (Lipinski definition) is 2. The second kappa shape index (κ2) is 2.67. The fourth-order valence-electron chi connectivity index (χ4n) is 0.625. The molecule has 1 rings (SSSR count). The van der Waals surface area contributed by atoms with Gasteiger partial charge in [-0.3, -0.25) is 0 Å². The van der Waals surface area contributed by atoms with Crippen LogP contribution in [-0.4, -0.2) is 13.2 Å². The highest BCUT2D eigenvalue weighted by molar-refractivity contribution is 4.87. The molecule has 0 N–H and O–H groups in total. The van der Waals surface area contributed by atoms with Crippen molar-refractivity contribution in [1.82, 2.24) is 0 Å². The van der Waals surface area contributed by atoms with Crippen molar-refractivity contribution in [3.63, 3.8) is 0 Å². The Morgan fingerprint density at radius 3 is 2.44 bits per heavy atom. The molecule has 0 aliphatic heterocycles. The molecule has 1 aliphatic carbocycles. The van der Waals surface area contributed by atoms with Crippen molar-refractivity contribution in [3.8, 4) is 0 Å². The molecule has 1 saturated carbocycles. The maximum absolute atomic E-state index is 4.91. The summed E-state index contributed by atoms with van der Waals surface area (Å²) in [6.07, 6.45) is 2.58. The fraction of sp³-hybridized carbons (Fsp3) is 1.00. The quantitative estimate of drug-likeness (QED) is 0.328. The van der Waals surface area contributed by atoms with Crippen LogP contribution in [0.1, 0.15) is 26.7 Å². The normalized spacial score (nSPS) is 22.0. The Bertz CT molecular complexity index is 86.9. The van der Waals surface area contributed by atoms with Gasteiger partial charge in [0.1, 0.15) is 0 Å². The molecule has 0 spiro atoms. The summed E-state index contributed by atoms with van der Waals surface area (Å²) in [4.78, 5) is 9.66. The summed E-state index contributed by atoms with van der Waals surface area (Å²) in [6, 6.07) is 0. The summed E-state index contributed by atoms with van der Waals surface area (Å²) in [5, 5.41) is 0. The summed E-state index contributed by atoms with van der Waals surface area (Å²) < 4.78 is 0. The Hall–Kier alpha value is -0.0800. The van der Waals surface area contributed by atoms with E-state index in [0.29, 0.717) is 12.0 Å². The molecule has 0 saturated heterocycles. The Morgan fingerprint density at radius 2 is 2.00 bits per heavy atom. The lowest BCUT2D eigenvalue weighted by atomic mass is 10.2. The van der Waals surface area contributed by atoms with Crippen LogP contribution in [0.5, 0.6) is 0 Å². The summed E-state index contributed by atoms with van der Waals surface area (Å²) in [5.41, 5.74) is 0.454. The Kier molecular flexibility index (Phi) is 2.09. The van der Waals surface area contributed by atoms with Crippen LogP contribution >= 0.6 is 0 Å². The van der Waals surface area contributed by atoms with E-state index < -0.39 is 0 Å². The minimum absolute atomic E-state index is 0.454. The molecule has 0 radical (unpaired) electrons. The van der Waals surface area contributed by atoms with E-state index in [9.17, 15) is 0 Å². The zero-order valence-electron chi connectivity index (χ0n) is 6.14. The van der Waals surface area contributed by atoms with Gasteiger partial charge in [-0.05, 0) is 25.2 Å². The minimum Gasteiger partial charge on any atom is -0.237 e. The van der Waals surface area contributed by atoms with Gasteiger partial charge < -0.3 is 0 Å². The molecule has 2 heteroatoms. The molecule has 54 valence electrons. The minimum atomic E-state index is 0.454. The molecule has 1 fully saturated rings. The van der Waals surface area contributed by atoms with Crippen molar-refractivity contribution in [3.05, 3.63) is 0 Å². The van der Waals surface area contributed by atoms with Crippen LogP contribution in [0.4, 0.5) is 0 Å². The van der Waals surface area contributed by atoms with Gasteiger partial charge in [0.2, 0.25) is 0 Å². The average molecular weight is 130 g/mol. The maximum Gasteiger partial charge on any atom is 0.0875 e. The molecule has 0 heterocycles. The van der Waals surface area contributed by atoms with Crippen molar-refractivity contribution >= 4 is 0 Å². The topological polar surface area (TPSA) is 18.5 Å². The molecule has 0 amide bonds. The summed E-state index contributed by atoms with van der Waals surface area (Å²) >= 11 is 0. The number of rotatable bonds is 4. The summed E-state index contributed by atoms with van der Waals surface area (Å²) in [5.74, 6) is 0. The van der Waals surface area contributed by atoms with Gasteiger partial charge in [-0.15, -0.1) is 0 Å². The lowest BCUT2D eigenvalue weighted by molar-refractivity contribution is -0.299. The average Bonchev–Trinajstić information content (AvgIpc) is 2.50. The highest BCUT2D eigenvalue weighted by Gasteiger charge is 2.37. The first-order valence-electron chi connectivity index (χ1n) is 3.51. The Labute approximate surface area is 56.1 Å². The van der Waals surface area contributed by atoms with Gasteiger partial charge in [-0.25, -0.2) is 9.78 Å². The van der Waals surface area contributed by atoms with Crippen LogP contribution in [0.25, 0.3) is 0 Å². The third-order valence-corrected chi connectivity index (χ3v) is 1.71. The van der Waals surface area contributed by atoms with Gasteiger partial charge in [0.25, 0.3) is 0 Å². The van der Waals surface area contributed by atoms with Crippen LogP contribution in [-0.2, 0) is 9.78 Å². The van der Waals surface area contributed by atoms with E-state index >= 15 is 0 Å². The first-order chi connectivity index (χ1) is 4.27. The van der Waals surface area contributed by atoms with Crippen LogP contribution in [0.15, 0.2) is 0 Å². The molecule has 0 atom stereocenters. The smallest absolute Gasteiger partial charge is 0.0875 e. The second-order valence-corrected chi connectivity index (χ2v) is 2.98. The molecule has 2 nitrogen and oxygen atoms in total. The highest BCUT2D eigenvalue weighted by atomic mass is 17.2. The molecular formula is C7H14O2. The Balaban J connectivity index is 1.92. The molecule has 0 aromatic carbocycles. The first kappa shape index (κ1) is 7.03. The van der Waals surface area contributed by atoms with Gasteiger partial charge in [0.05, 0.1) is 13.2 Å². The molecule has 1 aliphatic rings. The van der Waals surface area contributed by atoms with E-state index in [1.54, 1.807) is 0 Å². The zero-order valence-corrected chi connectivity index (χ0v) is 6.14. The van der Waals surface area contributed by atoms with Crippen LogP contribution in [0.3, 0.4) is 0 Å². The zero-order chi connectivity index (χ0) is 6.74. The van der Waals surface area contributed by atoms with Gasteiger partial charge in [0.15, 0.2) is 0 Å². The SMILES string of the molecule is CCOOCC1(C)CC1. The molecule has 0 unspecified atom stereocenters.